The van der Waals surface area contributed by atoms with Gasteiger partial charge in [-0.15, -0.1) is 20.5 Å². The molecule has 236 valence electrons. The minimum atomic E-state index is -4.99. The van der Waals surface area contributed by atoms with Crippen molar-refractivity contribution in [2.45, 2.75) is 14.7 Å². The average Bonchev–Trinajstić information content (AvgIpc) is 2.89. The molecule has 0 aliphatic rings. The van der Waals surface area contributed by atoms with E-state index in [1.807, 2.05) is 0 Å². The first-order valence-corrected chi connectivity index (χ1v) is 15.7. The number of aromatic hydroxyl groups is 2. The maximum Gasteiger partial charge on any atom is 0.313 e. The first-order valence-electron chi connectivity index (χ1n) is 11.4. The fourth-order valence-corrected chi connectivity index (χ4v) is 5.09. The van der Waals surface area contributed by atoms with E-state index >= 15 is 0 Å². The van der Waals surface area contributed by atoms with E-state index in [-0.39, 0.29) is 11.5 Å². The van der Waals surface area contributed by atoms with Gasteiger partial charge in [0.15, 0.2) is 0 Å². The molecule has 23 heteroatoms. The Bertz CT molecular complexity index is 2210. The molecule has 0 saturated heterocycles. The van der Waals surface area contributed by atoms with Crippen molar-refractivity contribution in [1.82, 2.24) is 9.97 Å². The van der Waals surface area contributed by atoms with E-state index in [4.69, 9.17) is 0 Å². The Morgan fingerprint density at radius 1 is 0.600 bits per heavy atom. The maximum atomic E-state index is 13.4. The smallest absolute Gasteiger partial charge is 0.313 e. The average molecular weight is 688 g/mol. The van der Waals surface area contributed by atoms with Gasteiger partial charge in [-0.25, -0.2) is 0 Å². The standard InChI is InChI=1S/C22H15F2N7O11S3/c23-20-9-21(27-22(24)26-20)25-10-1-3-18(44(37,38)39)14(5-10)30-28-12-7-13(17(33)8-16(12)32)29-31-15-6-11(43(34,35)36)2-4-19(15)45(40,41)42/h1-9,32-33H,(H,25,26,27)(H,34,35,36)(H,37,38,39)(H,40,41,42)/b30-28+,31-29+. The predicted molar refractivity (Wildman–Crippen MR) is 146 cm³/mol. The number of hydrogen-bond donors (Lipinski definition) is 6. The number of rotatable bonds is 9. The van der Waals surface area contributed by atoms with Gasteiger partial charge in [0.25, 0.3) is 30.4 Å². The van der Waals surface area contributed by atoms with E-state index in [0.717, 1.165) is 24.3 Å². The molecule has 0 amide bonds. The molecule has 3 aromatic carbocycles. The number of azo groups is 2. The van der Waals surface area contributed by atoms with Crippen molar-refractivity contribution in [2.24, 2.45) is 20.5 Å². The number of phenolic OH excluding ortho intramolecular Hbond substituents is 2. The van der Waals surface area contributed by atoms with Gasteiger partial charge in [-0.3, -0.25) is 13.7 Å². The van der Waals surface area contributed by atoms with Gasteiger partial charge in [-0.1, -0.05) is 0 Å². The maximum absolute atomic E-state index is 13.4. The minimum absolute atomic E-state index is 0.0555. The lowest BCUT2D eigenvalue weighted by Crippen LogP contribution is -2.02. The quantitative estimate of drug-likeness (QED) is 0.0612. The number of phenols is 2. The molecule has 0 aliphatic heterocycles. The lowest BCUT2D eigenvalue weighted by Gasteiger charge is -2.08. The summed E-state index contributed by atoms with van der Waals surface area (Å²) in [5.74, 6) is -3.16. The molecule has 18 nitrogen and oxygen atoms in total. The van der Waals surface area contributed by atoms with Crippen LogP contribution in [0.4, 0.5) is 43.0 Å². The van der Waals surface area contributed by atoms with Gasteiger partial charge in [0.1, 0.15) is 49.9 Å². The Hall–Kier alpha value is -5.07. The van der Waals surface area contributed by atoms with Gasteiger partial charge < -0.3 is 15.5 Å². The molecule has 4 rings (SSSR count). The van der Waals surface area contributed by atoms with Crippen LogP contribution in [0, 0.1) is 12.0 Å². The zero-order valence-corrected chi connectivity index (χ0v) is 24.0. The second-order valence-corrected chi connectivity index (χ2v) is 12.6. The first kappa shape index (κ1) is 32.8. The van der Waals surface area contributed by atoms with Crippen molar-refractivity contribution in [1.29, 1.82) is 0 Å². The minimum Gasteiger partial charge on any atom is -0.505 e. The molecule has 0 unspecified atom stereocenters. The molecule has 0 bridgehead atoms. The largest absolute Gasteiger partial charge is 0.505 e. The number of aromatic nitrogens is 2. The van der Waals surface area contributed by atoms with Gasteiger partial charge >= 0.3 is 6.08 Å². The van der Waals surface area contributed by atoms with E-state index in [9.17, 15) is 57.9 Å². The summed E-state index contributed by atoms with van der Waals surface area (Å²) in [4.78, 5) is 3.58. The number of hydrogen-bond acceptors (Lipinski definition) is 15. The van der Waals surface area contributed by atoms with Crippen LogP contribution in [-0.2, 0) is 30.4 Å². The number of nitrogens with one attached hydrogen (secondary N) is 1. The first-order chi connectivity index (χ1) is 20.8. The summed E-state index contributed by atoms with van der Waals surface area (Å²) in [5, 5.41) is 37.2. The van der Waals surface area contributed by atoms with Crippen molar-refractivity contribution in [3.8, 4) is 11.5 Å². The van der Waals surface area contributed by atoms with Gasteiger partial charge in [-0.2, -0.15) is 44.0 Å². The van der Waals surface area contributed by atoms with Crippen molar-refractivity contribution in [3.05, 3.63) is 66.6 Å². The molecule has 0 saturated carbocycles. The summed E-state index contributed by atoms with van der Waals surface area (Å²) in [6, 6.07) is 6.88. The van der Waals surface area contributed by atoms with Gasteiger partial charge in [0, 0.05) is 23.9 Å². The zero-order valence-electron chi connectivity index (χ0n) is 21.5. The molecule has 0 fully saturated rings. The van der Waals surface area contributed by atoms with E-state index in [2.05, 4.69) is 35.7 Å². The van der Waals surface area contributed by atoms with Crippen LogP contribution in [-0.4, -0.2) is 59.1 Å². The van der Waals surface area contributed by atoms with Crippen LogP contribution in [0.5, 0.6) is 11.5 Å². The lowest BCUT2D eigenvalue weighted by atomic mass is 10.2. The van der Waals surface area contributed by atoms with Gasteiger partial charge in [0.05, 0.1) is 4.90 Å². The van der Waals surface area contributed by atoms with Crippen molar-refractivity contribution in [2.75, 3.05) is 5.32 Å². The van der Waals surface area contributed by atoms with Crippen LogP contribution in [0.2, 0.25) is 0 Å². The predicted octanol–water partition coefficient (Wildman–Crippen LogP) is 4.48. The molecule has 4 aromatic rings. The van der Waals surface area contributed by atoms with E-state index < -0.39 is 91.3 Å². The highest BCUT2D eigenvalue weighted by Gasteiger charge is 2.21. The number of anilines is 2. The molecule has 1 heterocycles. The molecule has 0 aliphatic carbocycles. The third-order valence-electron chi connectivity index (χ3n) is 5.29. The molecule has 6 N–H and O–H groups in total. The molecule has 0 radical (unpaired) electrons. The van der Waals surface area contributed by atoms with Crippen molar-refractivity contribution < 1.29 is 57.9 Å². The lowest BCUT2D eigenvalue weighted by molar-refractivity contribution is 0.452. The van der Waals surface area contributed by atoms with E-state index in [1.54, 1.807) is 0 Å². The summed E-state index contributed by atoms with van der Waals surface area (Å²) in [6.07, 6.45) is -1.41. The molecule has 45 heavy (non-hydrogen) atoms. The Morgan fingerprint density at radius 3 is 1.62 bits per heavy atom. The number of benzene rings is 3. The van der Waals surface area contributed by atoms with Crippen molar-refractivity contribution >= 4 is 64.6 Å². The second-order valence-electron chi connectivity index (χ2n) is 8.44. The molecular weight excluding hydrogens is 672 g/mol. The fraction of sp³-hybridized carbons (Fsp3) is 0. The SMILES string of the molecule is O=S(=O)(O)c1ccc(S(=O)(=O)O)c(/N=N/c2cc(/N=N/c3cc(Nc4cc(F)nc(F)n4)ccc3S(=O)(=O)O)c(O)cc2O)c1. The molecule has 0 atom stereocenters. The Balaban J connectivity index is 1.75. The summed E-state index contributed by atoms with van der Waals surface area (Å²) < 4.78 is 125. The Labute approximate surface area is 250 Å². The van der Waals surface area contributed by atoms with Crippen LogP contribution in [0.25, 0.3) is 0 Å². The van der Waals surface area contributed by atoms with Crippen LogP contribution in [0.1, 0.15) is 0 Å². The molecular formula is C22H15F2N7O11S3. The topological polar surface area (TPSA) is 291 Å². The normalized spacial score (nSPS) is 12.6. The Kier molecular flexibility index (Phi) is 8.86. The van der Waals surface area contributed by atoms with E-state index in [1.165, 1.54) is 0 Å². The number of nitrogens with zero attached hydrogens (tertiary/aromatic N) is 6. The van der Waals surface area contributed by atoms with Crippen molar-refractivity contribution in [3.63, 3.8) is 0 Å². The van der Waals surface area contributed by atoms with E-state index in [0.29, 0.717) is 30.3 Å². The monoisotopic (exact) mass is 687 g/mol. The zero-order chi connectivity index (χ0) is 33.3. The summed E-state index contributed by atoms with van der Waals surface area (Å²) in [5.41, 5.74) is -2.51. The Morgan fingerprint density at radius 2 is 1.11 bits per heavy atom. The fourth-order valence-electron chi connectivity index (χ4n) is 3.38. The summed E-state index contributed by atoms with van der Waals surface area (Å²) >= 11 is 0. The van der Waals surface area contributed by atoms with Gasteiger partial charge in [0.2, 0.25) is 5.95 Å². The van der Waals surface area contributed by atoms with Crippen LogP contribution >= 0.6 is 0 Å². The molecule has 0 spiro atoms. The highest BCUT2D eigenvalue weighted by molar-refractivity contribution is 7.86. The van der Waals surface area contributed by atoms with Gasteiger partial charge in [-0.05, 0) is 36.4 Å². The highest BCUT2D eigenvalue weighted by atomic mass is 32.2. The third-order valence-corrected chi connectivity index (χ3v) is 7.94. The number of halogens is 2. The third kappa shape index (κ3) is 8.11. The highest BCUT2D eigenvalue weighted by Crippen LogP contribution is 2.41. The molecule has 1 aromatic heterocycles. The van der Waals surface area contributed by atoms with Crippen LogP contribution < -0.4 is 5.32 Å². The summed E-state index contributed by atoms with van der Waals surface area (Å²) in [6.45, 7) is 0. The van der Waals surface area contributed by atoms with Crippen LogP contribution in [0.3, 0.4) is 0 Å². The van der Waals surface area contributed by atoms with Crippen LogP contribution in [0.15, 0.2) is 89.7 Å². The summed E-state index contributed by atoms with van der Waals surface area (Å²) in [7, 11) is -14.8. The second kappa shape index (κ2) is 12.1.